The van der Waals surface area contributed by atoms with E-state index in [0.29, 0.717) is 11.8 Å². The van der Waals surface area contributed by atoms with Gasteiger partial charge >= 0.3 is 0 Å². The lowest BCUT2D eigenvalue weighted by molar-refractivity contribution is 0.0985. The summed E-state index contributed by atoms with van der Waals surface area (Å²) in [7, 11) is 0. The maximum absolute atomic E-state index is 6.24. The van der Waals surface area contributed by atoms with Gasteiger partial charge in [-0.1, -0.05) is 12.8 Å². The molecule has 0 aromatic rings. The van der Waals surface area contributed by atoms with E-state index in [9.17, 15) is 0 Å². The lowest BCUT2D eigenvalue weighted by Crippen LogP contribution is -2.54. The van der Waals surface area contributed by atoms with Crippen LogP contribution in [0.4, 0.5) is 0 Å². The van der Waals surface area contributed by atoms with Crippen molar-refractivity contribution in [1.82, 2.24) is 0 Å². The molecule has 1 aliphatic carbocycles. The topological polar surface area (TPSA) is 52.0 Å². The average molecular weight is 198 g/mol. The lowest BCUT2D eigenvalue weighted by Gasteiger charge is -2.46. The van der Waals surface area contributed by atoms with Crippen molar-refractivity contribution in [2.24, 2.45) is 23.3 Å². The molecular weight excluding hydrogens is 172 g/mol. The molecule has 14 heavy (non-hydrogen) atoms. The molecule has 84 valence electrons. The monoisotopic (exact) mass is 198 g/mol. The summed E-state index contributed by atoms with van der Waals surface area (Å²) >= 11 is 0. The van der Waals surface area contributed by atoms with E-state index in [2.05, 4.69) is 27.7 Å². The molecule has 0 aromatic carbocycles. The van der Waals surface area contributed by atoms with Crippen LogP contribution in [0, 0.1) is 11.8 Å². The Morgan fingerprint density at radius 3 is 1.29 bits per heavy atom. The molecule has 2 heteroatoms. The minimum atomic E-state index is -0.0816. The summed E-state index contributed by atoms with van der Waals surface area (Å²) < 4.78 is 0. The Bertz CT molecular complexity index is 163. The summed E-state index contributed by atoms with van der Waals surface area (Å²) in [5.41, 5.74) is 12.3. The molecule has 0 amide bonds. The van der Waals surface area contributed by atoms with Crippen LogP contribution in [0.3, 0.4) is 0 Å². The van der Waals surface area contributed by atoms with Gasteiger partial charge in [0.2, 0.25) is 0 Å². The molecule has 0 spiro atoms. The third kappa shape index (κ3) is 2.71. The van der Waals surface area contributed by atoms with Crippen LogP contribution >= 0.6 is 0 Å². The molecular formula is C12H26N2. The van der Waals surface area contributed by atoms with Gasteiger partial charge < -0.3 is 11.5 Å². The van der Waals surface area contributed by atoms with Crippen LogP contribution in [0.5, 0.6) is 0 Å². The number of hydrogen-bond donors (Lipinski definition) is 2. The summed E-state index contributed by atoms with van der Waals surface area (Å²) in [6.45, 7) is 8.56. The van der Waals surface area contributed by atoms with Crippen LogP contribution in [0.15, 0.2) is 0 Å². The van der Waals surface area contributed by atoms with E-state index >= 15 is 0 Å². The highest BCUT2D eigenvalue weighted by atomic mass is 14.8. The number of hydrogen-bond acceptors (Lipinski definition) is 2. The SMILES string of the molecule is CC(C)(N)C1CCCCC1C(C)(C)N. The Morgan fingerprint density at radius 2 is 1.07 bits per heavy atom. The van der Waals surface area contributed by atoms with Crippen molar-refractivity contribution in [3.63, 3.8) is 0 Å². The van der Waals surface area contributed by atoms with Crippen LogP contribution in [-0.4, -0.2) is 11.1 Å². The third-order valence-electron chi connectivity index (χ3n) is 3.68. The lowest BCUT2D eigenvalue weighted by atomic mass is 9.64. The molecule has 0 aromatic heterocycles. The van der Waals surface area contributed by atoms with Gasteiger partial charge in [0.25, 0.3) is 0 Å². The fourth-order valence-corrected chi connectivity index (χ4v) is 2.91. The first-order valence-corrected chi connectivity index (χ1v) is 5.80. The molecule has 1 rings (SSSR count). The van der Waals surface area contributed by atoms with E-state index < -0.39 is 0 Å². The van der Waals surface area contributed by atoms with Gasteiger partial charge in [-0.15, -0.1) is 0 Å². The van der Waals surface area contributed by atoms with Crippen molar-refractivity contribution in [2.75, 3.05) is 0 Å². The molecule has 0 heterocycles. The van der Waals surface area contributed by atoms with Gasteiger partial charge in [0.05, 0.1) is 0 Å². The van der Waals surface area contributed by atoms with Crippen LogP contribution in [-0.2, 0) is 0 Å². The maximum Gasteiger partial charge on any atom is 0.0129 e. The van der Waals surface area contributed by atoms with Crippen molar-refractivity contribution in [3.05, 3.63) is 0 Å². The largest absolute Gasteiger partial charge is 0.325 e. The Kier molecular flexibility index (Phi) is 3.27. The molecule has 2 atom stereocenters. The average Bonchev–Trinajstić information content (AvgIpc) is 2.01. The Morgan fingerprint density at radius 1 is 0.786 bits per heavy atom. The van der Waals surface area contributed by atoms with Crippen molar-refractivity contribution in [2.45, 2.75) is 64.5 Å². The summed E-state index contributed by atoms with van der Waals surface area (Å²) in [6, 6.07) is 0. The first-order valence-electron chi connectivity index (χ1n) is 5.80. The van der Waals surface area contributed by atoms with E-state index in [1.54, 1.807) is 0 Å². The summed E-state index contributed by atoms with van der Waals surface area (Å²) in [5.74, 6) is 1.16. The van der Waals surface area contributed by atoms with Crippen molar-refractivity contribution >= 4 is 0 Å². The maximum atomic E-state index is 6.24. The zero-order valence-electron chi connectivity index (χ0n) is 10.1. The molecule has 2 nitrogen and oxygen atoms in total. The van der Waals surface area contributed by atoms with E-state index in [4.69, 9.17) is 11.5 Å². The summed E-state index contributed by atoms with van der Waals surface area (Å²) in [4.78, 5) is 0. The van der Waals surface area contributed by atoms with E-state index in [1.165, 1.54) is 25.7 Å². The summed E-state index contributed by atoms with van der Waals surface area (Å²) in [6.07, 6.45) is 5.12. The number of nitrogens with two attached hydrogens (primary N) is 2. The van der Waals surface area contributed by atoms with E-state index in [-0.39, 0.29) is 11.1 Å². The Labute approximate surface area is 88.4 Å². The zero-order chi connectivity index (χ0) is 11.0. The second-order valence-electron chi connectivity index (χ2n) is 6.14. The molecule has 0 radical (unpaired) electrons. The van der Waals surface area contributed by atoms with Gasteiger partial charge in [0, 0.05) is 11.1 Å². The van der Waals surface area contributed by atoms with E-state index in [0.717, 1.165) is 0 Å². The van der Waals surface area contributed by atoms with Crippen molar-refractivity contribution in [3.8, 4) is 0 Å². The Hall–Kier alpha value is -0.0800. The normalized spacial score (nSPS) is 30.4. The molecule has 2 unspecified atom stereocenters. The van der Waals surface area contributed by atoms with Gasteiger partial charge in [-0.3, -0.25) is 0 Å². The molecule has 0 aliphatic heterocycles. The van der Waals surface area contributed by atoms with Crippen LogP contribution in [0.2, 0.25) is 0 Å². The second-order valence-corrected chi connectivity index (χ2v) is 6.14. The zero-order valence-corrected chi connectivity index (χ0v) is 10.1. The minimum Gasteiger partial charge on any atom is -0.325 e. The molecule has 1 aliphatic rings. The van der Waals surface area contributed by atoms with Crippen LogP contribution in [0.1, 0.15) is 53.4 Å². The predicted octanol–water partition coefficient (Wildman–Crippen LogP) is 2.27. The molecule has 0 bridgehead atoms. The van der Waals surface area contributed by atoms with Gasteiger partial charge in [-0.25, -0.2) is 0 Å². The van der Waals surface area contributed by atoms with E-state index in [1.807, 2.05) is 0 Å². The van der Waals surface area contributed by atoms with Crippen molar-refractivity contribution in [1.29, 1.82) is 0 Å². The molecule has 1 fully saturated rings. The fourth-order valence-electron chi connectivity index (χ4n) is 2.91. The van der Waals surface area contributed by atoms with Crippen LogP contribution in [0.25, 0.3) is 0 Å². The highest BCUT2D eigenvalue weighted by Gasteiger charge is 2.40. The minimum absolute atomic E-state index is 0.0816. The standard InChI is InChI=1S/C12H26N2/c1-11(2,13)9-7-5-6-8-10(9)12(3,4)14/h9-10H,5-8,13-14H2,1-4H3. The van der Waals surface area contributed by atoms with Gasteiger partial charge in [0.1, 0.15) is 0 Å². The van der Waals surface area contributed by atoms with Gasteiger partial charge in [0.15, 0.2) is 0 Å². The van der Waals surface area contributed by atoms with Crippen LogP contribution < -0.4 is 11.5 Å². The predicted molar refractivity (Wildman–Crippen MR) is 62.0 cm³/mol. The summed E-state index contributed by atoms with van der Waals surface area (Å²) in [5, 5.41) is 0. The smallest absolute Gasteiger partial charge is 0.0129 e. The molecule has 1 saturated carbocycles. The quantitative estimate of drug-likeness (QED) is 0.715. The van der Waals surface area contributed by atoms with Gasteiger partial charge in [-0.2, -0.15) is 0 Å². The third-order valence-corrected chi connectivity index (χ3v) is 3.68. The highest BCUT2D eigenvalue weighted by Crippen LogP contribution is 2.40. The molecule has 0 saturated heterocycles. The molecule has 4 N–H and O–H groups in total. The second kappa shape index (κ2) is 3.82. The van der Waals surface area contributed by atoms with Gasteiger partial charge in [-0.05, 0) is 52.4 Å². The fraction of sp³-hybridized carbons (Fsp3) is 1.00. The first kappa shape index (κ1) is 12.0. The Balaban J connectivity index is 2.80. The van der Waals surface area contributed by atoms with Crippen molar-refractivity contribution < 1.29 is 0 Å². The highest BCUT2D eigenvalue weighted by molar-refractivity contribution is 4.97. The first-order chi connectivity index (χ1) is 6.23. The number of rotatable bonds is 2.